The summed E-state index contributed by atoms with van der Waals surface area (Å²) >= 11 is 0. The van der Waals surface area contributed by atoms with E-state index < -0.39 is 0 Å². The van der Waals surface area contributed by atoms with Crippen LogP contribution in [0.4, 0.5) is 5.82 Å². The normalized spacial score (nSPS) is 13.7. The van der Waals surface area contributed by atoms with Crippen LogP contribution in [0, 0.1) is 0 Å². The predicted octanol–water partition coefficient (Wildman–Crippen LogP) is 3.47. The van der Waals surface area contributed by atoms with Gasteiger partial charge in [-0.1, -0.05) is 30.3 Å². The van der Waals surface area contributed by atoms with Gasteiger partial charge in [0.05, 0.1) is 11.0 Å². The number of nitrogens with zero attached hydrogens (tertiary/aromatic N) is 3. The summed E-state index contributed by atoms with van der Waals surface area (Å²) in [6.07, 6.45) is 4.26. The van der Waals surface area contributed by atoms with E-state index in [2.05, 4.69) is 15.2 Å². The van der Waals surface area contributed by atoms with E-state index in [1.165, 1.54) is 12.8 Å². The Kier molecular flexibility index (Phi) is 5.12. The highest BCUT2D eigenvalue weighted by Crippen LogP contribution is 2.19. The van der Waals surface area contributed by atoms with Crippen LogP contribution in [0.3, 0.4) is 0 Å². The molecule has 2 aromatic carbocycles. The van der Waals surface area contributed by atoms with Crippen LogP contribution in [-0.2, 0) is 17.9 Å². The smallest absolute Gasteiger partial charge is 0.240 e. The largest absolute Gasteiger partial charge is 0.357 e. The van der Waals surface area contributed by atoms with Crippen LogP contribution in [-0.4, -0.2) is 28.5 Å². The number of rotatable bonds is 5. The third kappa shape index (κ3) is 3.77. The molecule has 0 unspecified atom stereocenters. The van der Waals surface area contributed by atoms with Crippen LogP contribution >= 0.6 is 0 Å². The zero-order valence-electron chi connectivity index (χ0n) is 17.3. The fourth-order valence-electron chi connectivity index (χ4n) is 4.30. The molecule has 0 radical (unpaired) electrons. The number of fused-ring (bicyclic) bond motifs is 2. The van der Waals surface area contributed by atoms with Crippen molar-refractivity contribution in [1.82, 2.24) is 14.9 Å². The Morgan fingerprint density at radius 1 is 0.903 bits per heavy atom. The molecule has 1 aliphatic heterocycles. The van der Waals surface area contributed by atoms with Crippen molar-refractivity contribution in [2.24, 2.45) is 0 Å². The minimum absolute atomic E-state index is 0.00738. The van der Waals surface area contributed by atoms with Crippen molar-refractivity contribution < 1.29 is 4.79 Å². The number of hydrogen-bond donors (Lipinski definition) is 1. The first-order valence-corrected chi connectivity index (χ1v) is 10.7. The minimum Gasteiger partial charge on any atom is -0.357 e. The number of pyridine rings is 2. The number of hydrogen-bond acceptors (Lipinski definition) is 4. The second kappa shape index (κ2) is 8.22. The van der Waals surface area contributed by atoms with E-state index in [1.54, 1.807) is 0 Å². The molecule has 0 spiro atoms. The topological polar surface area (TPSA) is 67.2 Å². The van der Waals surface area contributed by atoms with Crippen molar-refractivity contribution in [1.29, 1.82) is 0 Å². The van der Waals surface area contributed by atoms with Crippen molar-refractivity contribution in [2.75, 3.05) is 18.0 Å². The molecule has 0 bridgehead atoms. The van der Waals surface area contributed by atoms with Gasteiger partial charge in [0.1, 0.15) is 12.4 Å². The van der Waals surface area contributed by atoms with E-state index in [0.29, 0.717) is 17.3 Å². The number of anilines is 1. The van der Waals surface area contributed by atoms with Gasteiger partial charge in [-0.25, -0.2) is 4.98 Å². The molecule has 5 rings (SSSR count). The Labute approximate surface area is 180 Å². The molecule has 6 heteroatoms. The third-order valence-electron chi connectivity index (χ3n) is 5.91. The quantitative estimate of drug-likeness (QED) is 0.510. The second-order valence-corrected chi connectivity index (χ2v) is 7.95. The van der Waals surface area contributed by atoms with Crippen LogP contribution in [0.1, 0.15) is 18.4 Å². The number of aromatic nitrogens is 2. The molecule has 156 valence electrons. The number of amides is 1. The van der Waals surface area contributed by atoms with Crippen LogP contribution < -0.4 is 15.6 Å². The Bertz CT molecular complexity index is 1240. The molecule has 0 aliphatic carbocycles. The Morgan fingerprint density at radius 2 is 1.55 bits per heavy atom. The minimum atomic E-state index is -0.109. The van der Waals surface area contributed by atoms with Gasteiger partial charge >= 0.3 is 0 Å². The number of nitrogens with one attached hydrogen (secondary N) is 1. The van der Waals surface area contributed by atoms with Gasteiger partial charge in [0.2, 0.25) is 5.91 Å². The molecule has 31 heavy (non-hydrogen) atoms. The van der Waals surface area contributed by atoms with E-state index in [1.807, 2.05) is 71.4 Å². The fraction of sp³-hybridized carbons (Fsp3) is 0.240. The summed E-state index contributed by atoms with van der Waals surface area (Å²) in [5, 5.41) is 4.23. The van der Waals surface area contributed by atoms with Gasteiger partial charge in [0, 0.05) is 36.6 Å². The first-order valence-electron chi connectivity index (χ1n) is 10.7. The van der Waals surface area contributed by atoms with Gasteiger partial charge in [-0.05, 0) is 48.7 Å². The van der Waals surface area contributed by atoms with Crippen molar-refractivity contribution in [3.8, 4) is 0 Å². The van der Waals surface area contributed by atoms with Crippen molar-refractivity contribution in [3.63, 3.8) is 0 Å². The lowest BCUT2D eigenvalue weighted by Gasteiger charge is -2.17. The molecule has 4 aromatic rings. The third-order valence-corrected chi connectivity index (χ3v) is 5.91. The molecular formula is C25H24N4O2. The molecule has 1 amide bonds. The lowest BCUT2D eigenvalue weighted by molar-refractivity contribution is -0.121. The molecule has 2 aromatic heterocycles. The van der Waals surface area contributed by atoms with Crippen molar-refractivity contribution in [3.05, 3.63) is 82.6 Å². The summed E-state index contributed by atoms with van der Waals surface area (Å²) in [6, 6.07) is 18.9. The molecule has 3 heterocycles. The van der Waals surface area contributed by atoms with Crippen molar-refractivity contribution >= 4 is 33.5 Å². The monoisotopic (exact) mass is 412 g/mol. The van der Waals surface area contributed by atoms with Gasteiger partial charge in [-0.2, -0.15) is 0 Å². The molecule has 0 atom stereocenters. The van der Waals surface area contributed by atoms with E-state index in [9.17, 15) is 9.59 Å². The maximum absolute atomic E-state index is 12.8. The summed E-state index contributed by atoms with van der Waals surface area (Å²) in [6.45, 7) is 2.68. The summed E-state index contributed by atoms with van der Waals surface area (Å²) in [5.41, 5.74) is 2.48. The van der Waals surface area contributed by atoms with Gasteiger partial charge in [-0.3, -0.25) is 9.59 Å². The van der Waals surface area contributed by atoms with E-state index in [4.69, 9.17) is 0 Å². The van der Waals surface area contributed by atoms with Gasteiger partial charge in [-0.15, -0.1) is 0 Å². The standard InChI is InChI=1S/C25H24N4O2/c30-24(27-16-18-11-12-23(26-15-18)28-13-5-6-14-28)17-29-21-9-3-1-7-19(21)25(31)20-8-2-4-10-22(20)29/h1-4,7-12,15H,5-6,13-14,16-17H2,(H,27,30). The van der Waals surface area contributed by atoms with Gasteiger partial charge < -0.3 is 14.8 Å². The summed E-state index contributed by atoms with van der Waals surface area (Å²) in [5.74, 6) is 0.890. The summed E-state index contributed by atoms with van der Waals surface area (Å²) in [7, 11) is 0. The molecule has 1 fully saturated rings. The Hall–Kier alpha value is -3.67. The Morgan fingerprint density at radius 3 is 2.16 bits per heavy atom. The SMILES string of the molecule is O=C(Cn1c2ccccc2c(=O)c2ccccc21)NCc1ccc(N2CCCC2)nc1. The van der Waals surface area contributed by atoms with E-state index in [-0.39, 0.29) is 17.9 Å². The average molecular weight is 412 g/mol. The maximum atomic E-state index is 12.8. The Balaban J connectivity index is 1.35. The number of carbonyl (C=O) groups is 1. The van der Waals surface area contributed by atoms with Crippen LogP contribution in [0.2, 0.25) is 0 Å². The average Bonchev–Trinajstić information content (AvgIpc) is 3.36. The number of para-hydroxylation sites is 2. The highest BCUT2D eigenvalue weighted by atomic mass is 16.2. The lowest BCUT2D eigenvalue weighted by Crippen LogP contribution is -2.28. The number of carbonyl (C=O) groups excluding carboxylic acids is 1. The van der Waals surface area contributed by atoms with Crippen molar-refractivity contribution in [2.45, 2.75) is 25.9 Å². The summed E-state index contributed by atoms with van der Waals surface area (Å²) in [4.78, 5) is 32.5. The lowest BCUT2D eigenvalue weighted by atomic mass is 10.1. The molecule has 1 saturated heterocycles. The van der Waals surface area contributed by atoms with Crippen LogP contribution in [0.5, 0.6) is 0 Å². The zero-order valence-corrected chi connectivity index (χ0v) is 17.3. The number of benzene rings is 2. The van der Waals surface area contributed by atoms with E-state index >= 15 is 0 Å². The first-order chi connectivity index (χ1) is 15.2. The van der Waals surface area contributed by atoms with Crippen LogP contribution in [0.15, 0.2) is 71.7 Å². The second-order valence-electron chi connectivity index (χ2n) is 7.95. The van der Waals surface area contributed by atoms with Gasteiger partial charge in [0.25, 0.3) is 0 Å². The molecule has 6 nitrogen and oxygen atoms in total. The van der Waals surface area contributed by atoms with Crippen LogP contribution in [0.25, 0.3) is 21.8 Å². The highest BCUT2D eigenvalue weighted by molar-refractivity contribution is 5.94. The molecule has 0 saturated carbocycles. The van der Waals surface area contributed by atoms with Gasteiger partial charge in [0.15, 0.2) is 5.43 Å². The first kappa shape index (κ1) is 19.3. The molecular weight excluding hydrogens is 388 g/mol. The van der Waals surface area contributed by atoms with E-state index in [0.717, 1.165) is 35.5 Å². The fourth-order valence-corrected chi connectivity index (χ4v) is 4.30. The highest BCUT2D eigenvalue weighted by Gasteiger charge is 2.14. The molecule has 1 N–H and O–H groups in total. The predicted molar refractivity (Wildman–Crippen MR) is 123 cm³/mol. The zero-order chi connectivity index (χ0) is 21.2. The summed E-state index contributed by atoms with van der Waals surface area (Å²) < 4.78 is 1.91. The maximum Gasteiger partial charge on any atom is 0.240 e. The molecule has 1 aliphatic rings.